The van der Waals surface area contributed by atoms with Crippen LogP contribution in [0.25, 0.3) is 10.9 Å². The molecule has 1 aromatic carbocycles. The van der Waals surface area contributed by atoms with E-state index in [1.807, 2.05) is 35.9 Å². The Labute approximate surface area is 214 Å². The highest BCUT2D eigenvalue weighted by molar-refractivity contribution is 7.09. The van der Waals surface area contributed by atoms with Gasteiger partial charge in [-0.1, -0.05) is 13.0 Å². The zero-order valence-electron chi connectivity index (χ0n) is 20.7. The quantitative estimate of drug-likeness (QED) is 0.322. The predicted octanol–water partition coefficient (Wildman–Crippen LogP) is 4.31. The second-order valence-corrected chi connectivity index (χ2v) is 10.1. The molecule has 4 heterocycles. The molecule has 0 bridgehead atoms. The van der Waals surface area contributed by atoms with E-state index in [1.54, 1.807) is 11.3 Å². The van der Waals surface area contributed by atoms with Crippen LogP contribution in [0.5, 0.6) is 5.75 Å². The number of aromatic amines is 1. The van der Waals surface area contributed by atoms with Crippen LogP contribution in [0.1, 0.15) is 55.4 Å². The number of rotatable bonds is 11. The molecule has 10 heteroatoms. The number of nitrogens with one attached hydrogen (secondary N) is 1. The normalized spacial score (nSPS) is 16.7. The highest BCUT2D eigenvalue weighted by Crippen LogP contribution is 2.28. The van der Waals surface area contributed by atoms with Crippen molar-refractivity contribution >= 4 is 22.2 Å². The summed E-state index contributed by atoms with van der Waals surface area (Å²) in [6, 6.07) is 11.8. The van der Waals surface area contributed by atoms with Crippen molar-refractivity contribution < 1.29 is 9.47 Å². The van der Waals surface area contributed by atoms with Gasteiger partial charge in [-0.3, -0.25) is 9.69 Å². The largest absolute Gasteiger partial charge is 0.494 e. The van der Waals surface area contributed by atoms with E-state index in [0.29, 0.717) is 31.8 Å². The topological polar surface area (TPSA) is 98.2 Å². The van der Waals surface area contributed by atoms with Crippen molar-refractivity contribution in [2.24, 2.45) is 0 Å². The fraction of sp³-hybridized carbons (Fsp3) is 0.462. The fourth-order valence-electron chi connectivity index (χ4n) is 4.87. The average molecular weight is 509 g/mol. The summed E-state index contributed by atoms with van der Waals surface area (Å²) in [4.78, 5) is 19.7. The van der Waals surface area contributed by atoms with Crippen molar-refractivity contribution in [2.45, 2.75) is 64.9 Å². The lowest BCUT2D eigenvalue weighted by Crippen LogP contribution is -2.33. The van der Waals surface area contributed by atoms with Gasteiger partial charge in [-0.05, 0) is 72.3 Å². The first-order chi connectivity index (χ1) is 17.6. The summed E-state index contributed by atoms with van der Waals surface area (Å²) in [7, 11) is 0. The van der Waals surface area contributed by atoms with Gasteiger partial charge in [0.1, 0.15) is 5.75 Å². The van der Waals surface area contributed by atoms with Crippen LogP contribution in [-0.4, -0.2) is 49.4 Å². The summed E-state index contributed by atoms with van der Waals surface area (Å²) in [5.74, 6) is 1.60. The third kappa shape index (κ3) is 5.50. The van der Waals surface area contributed by atoms with Crippen molar-refractivity contribution in [3.63, 3.8) is 0 Å². The van der Waals surface area contributed by atoms with Gasteiger partial charge in [0.2, 0.25) is 0 Å². The zero-order chi connectivity index (χ0) is 24.9. The van der Waals surface area contributed by atoms with Gasteiger partial charge in [-0.2, -0.15) is 0 Å². The van der Waals surface area contributed by atoms with Crippen LogP contribution in [0.15, 0.2) is 46.6 Å². The molecule has 0 amide bonds. The van der Waals surface area contributed by atoms with Crippen molar-refractivity contribution in [3.05, 3.63) is 68.4 Å². The Morgan fingerprint density at radius 1 is 1.28 bits per heavy atom. The number of H-pyrrole nitrogens is 1. The average Bonchev–Trinajstić information content (AvgIpc) is 3.65. The molecule has 9 nitrogen and oxygen atoms in total. The van der Waals surface area contributed by atoms with Gasteiger partial charge in [-0.15, -0.1) is 16.4 Å². The molecule has 190 valence electrons. The number of hydrogen-bond donors (Lipinski definition) is 1. The van der Waals surface area contributed by atoms with Crippen LogP contribution in [-0.2, 0) is 24.4 Å². The van der Waals surface area contributed by atoms with Crippen LogP contribution in [0.2, 0.25) is 0 Å². The number of thiophene rings is 1. The summed E-state index contributed by atoms with van der Waals surface area (Å²) in [6.45, 7) is 7.28. The lowest BCUT2D eigenvalue weighted by Gasteiger charge is -2.30. The van der Waals surface area contributed by atoms with E-state index in [4.69, 9.17) is 9.47 Å². The molecular weight excluding hydrogens is 476 g/mol. The highest BCUT2D eigenvalue weighted by atomic mass is 32.1. The lowest BCUT2D eigenvalue weighted by molar-refractivity contribution is 0.0889. The molecule has 4 aromatic rings. The van der Waals surface area contributed by atoms with Crippen LogP contribution in [0.4, 0.5) is 0 Å². The molecule has 0 spiro atoms. The summed E-state index contributed by atoms with van der Waals surface area (Å²) in [5.41, 5.74) is 1.41. The molecule has 2 atom stereocenters. The second kappa shape index (κ2) is 11.3. The first-order valence-corrected chi connectivity index (χ1v) is 13.5. The number of ether oxygens (including phenoxy) is 2. The maximum Gasteiger partial charge on any atom is 0.252 e. The minimum atomic E-state index is -0.0864. The molecule has 0 aliphatic carbocycles. The van der Waals surface area contributed by atoms with E-state index < -0.39 is 0 Å². The number of fused-ring (bicyclic) bond motifs is 1. The second-order valence-electron chi connectivity index (χ2n) is 9.07. The van der Waals surface area contributed by atoms with Crippen LogP contribution in [0.3, 0.4) is 0 Å². The molecule has 1 N–H and O–H groups in total. The molecule has 36 heavy (non-hydrogen) atoms. The first kappa shape index (κ1) is 24.6. The minimum absolute atomic E-state index is 0.0617. The van der Waals surface area contributed by atoms with Crippen LogP contribution in [0, 0.1) is 0 Å². The molecule has 0 unspecified atom stereocenters. The Hall–Kier alpha value is -3.08. The van der Waals surface area contributed by atoms with E-state index in [-0.39, 0.29) is 17.7 Å². The van der Waals surface area contributed by atoms with Gasteiger partial charge in [0.15, 0.2) is 5.82 Å². The van der Waals surface area contributed by atoms with Crippen molar-refractivity contribution in [1.82, 2.24) is 30.1 Å². The van der Waals surface area contributed by atoms with E-state index in [2.05, 4.69) is 49.8 Å². The molecule has 0 saturated carbocycles. The van der Waals surface area contributed by atoms with Crippen molar-refractivity contribution in [2.75, 3.05) is 13.2 Å². The highest BCUT2D eigenvalue weighted by Gasteiger charge is 2.28. The number of pyridine rings is 1. The first-order valence-electron chi connectivity index (χ1n) is 12.6. The standard InChI is InChI=1S/C26H32N6O3S/c1-3-24(25-28-29-30-32(25)16-21-7-5-11-35-21)31(17-22-8-6-12-36-22)15-19-13-18-14-20(34-4-2)9-10-23(18)27-26(19)33/h6,8-10,12-14,21,24H,3-5,7,11,15-17H2,1-2H3,(H,27,33)/t21-,24+/m0/s1. The molecule has 1 fully saturated rings. The molecule has 1 aliphatic heterocycles. The van der Waals surface area contributed by atoms with Crippen molar-refractivity contribution in [1.29, 1.82) is 0 Å². The number of aromatic nitrogens is 5. The van der Waals surface area contributed by atoms with E-state index in [1.165, 1.54) is 4.88 Å². The summed E-state index contributed by atoms with van der Waals surface area (Å²) < 4.78 is 13.4. The summed E-state index contributed by atoms with van der Waals surface area (Å²) >= 11 is 1.71. The molecule has 1 saturated heterocycles. The fourth-order valence-corrected chi connectivity index (χ4v) is 5.60. The Bertz CT molecular complexity index is 1330. The molecular formula is C26H32N6O3S. The lowest BCUT2D eigenvalue weighted by atomic mass is 10.1. The Morgan fingerprint density at radius 2 is 2.19 bits per heavy atom. The summed E-state index contributed by atoms with van der Waals surface area (Å²) in [6.07, 6.45) is 3.03. The minimum Gasteiger partial charge on any atom is -0.494 e. The summed E-state index contributed by atoms with van der Waals surface area (Å²) in [5, 5.41) is 15.8. The predicted molar refractivity (Wildman–Crippen MR) is 139 cm³/mol. The SMILES string of the molecule is CCOc1ccc2[nH]c(=O)c(CN(Cc3cccs3)[C@H](CC)c3nnnn3C[C@@H]3CCCO3)cc2c1. The Balaban J connectivity index is 1.48. The smallest absolute Gasteiger partial charge is 0.252 e. The van der Waals surface area contributed by atoms with E-state index in [9.17, 15) is 4.79 Å². The van der Waals surface area contributed by atoms with E-state index >= 15 is 0 Å². The Morgan fingerprint density at radius 3 is 2.94 bits per heavy atom. The number of benzene rings is 1. The molecule has 3 aromatic heterocycles. The van der Waals surface area contributed by atoms with Gasteiger partial charge in [0, 0.05) is 41.0 Å². The maximum absolute atomic E-state index is 13.1. The number of tetrazole rings is 1. The van der Waals surface area contributed by atoms with Crippen LogP contribution < -0.4 is 10.3 Å². The number of nitrogens with zero attached hydrogens (tertiary/aromatic N) is 5. The van der Waals surface area contributed by atoms with Gasteiger partial charge >= 0.3 is 0 Å². The van der Waals surface area contributed by atoms with Crippen molar-refractivity contribution in [3.8, 4) is 5.75 Å². The van der Waals surface area contributed by atoms with Gasteiger partial charge in [-0.25, -0.2) is 4.68 Å². The van der Waals surface area contributed by atoms with Gasteiger partial charge in [0.25, 0.3) is 5.56 Å². The van der Waals surface area contributed by atoms with Gasteiger partial charge < -0.3 is 14.5 Å². The zero-order valence-corrected chi connectivity index (χ0v) is 21.5. The maximum atomic E-state index is 13.1. The van der Waals surface area contributed by atoms with E-state index in [0.717, 1.165) is 48.3 Å². The Kier molecular flexibility index (Phi) is 7.74. The van der Waals surface area contributed by atoms with Gasteiger partial charge in [0.05, 0.1) is 25.3 Å². The monoisotopic (exact) mass is 508 g/mol. The molecule has 5 rings (SSSR count). The third-order valence-electron chi connectivity index (χ3n) is 6.60. The van der Waals surface area contributed by atoms with Crippen LogP contribution >= 0.6 is 11.3 Å². The number of hydrogen-bond acceptors (Lipinski definition) is 8. The molecule has 1 aliphatic rings. The molecule has 0 radical (unpaired) electrons. The third-order valence-corrected chi connectivity index (χ3v) is 7.46.